The number of carbonyl (C=O) groups is 1. The lowest BCUT2D eigenvalue weighted by molar-refractivity contribution is 0.0695. The van der Waals surface area contributed by atoms with Gasteiger partial charge in [-0.15, -0.1) is 0 Å². The van der Waals surface area contributed by atoms with E-state index in [0.717, 1.165) is 18.9 Å². The number of carboxylic acids is 1. The standard InChI is InChI=1S/C17H16ClFN2O4/c18-13-14-10(5-12(19)15(13)20-4-3-9(22)6-20)16(23)11(17(24)25)7-21(14)8-1-2-8/h5,7-9,22H,1-4,6H2,(H,24,25)/t9-/m0/s1. The third-order valence-electron chi connectivity index (χ3n) is 4.83. The van der Waals surface area contributed by atoms with E-state index in [1.807, 2.05) is 0 Å². The maximum atomic E-state index is 14.7. The average molecular weight is 367 g/mol. The minimum atomic E-state index is -1.34. The van der Waals surface area contributed by atoms with Gasteiger partial charge in [0.25, 0.3) is 0 Å². The molecule has 2 N–H and O–H groups in total. The summed E-state index contributed by atoms with van der Waals surface area (Å²) in [5.41, 5.74) is -0.619. The van der Waals surface area contributed by atoms with Gasteiger partial charge in [0.2, 0.25) is 5.43 Å². The second-order valence-corrected chi connectivity index (χ2v) is 7.00. The predicted octanol–water partition coefficient (Wildman–Crippen LogP) is 2.40. The largest absolute Gasteiger partial charge is 0.477 e. The molecule has 1 saturated heterocycles. The van der Waals surface area contributed by atoms with Crippen molar-refractivity contribution in [1.29, 1.82) is 0 Å². The first-order valence-corrected chi connectivity index (χ1v) is 8.49. The maximum Gasteiger partial charge on any atom is 0.341 e. The zero-order valence-corrected chi connectivity index (χ0v) is 14.0. The second-order valence-electron chi connectivity index (χ2n) is 6.62. The summed E-state index contributed by atoms with van der Waals surface area (Å²) in [6, 6.07) is 1.12. The van der Waals surface area contributed by atoms with Crippen molar-refractivity contribution in [2.75, 3.05) is 18.0 Å². The van der Waals surface area contributed by atoms with Crippen molar-refractivity contribution < 1.29 is 19.4 Å². The molecule has 6 nitrogen and oxygen atoms in total. The summed E-state index contributed by atoms with van der Waals surface area (Å²) >= 11 is 6.49. The van der Waals surface area contributed by atoms with Crippen LogP contribution in [0.15, 0.2) is 17.1 Å². The van der Waals surface area contributed by atoms with Gasteiger partial charge >= 0.3 is 5.97 Å². The first kappa shape index (κ1) is 16.4. The molecule has 1 aromatic heterocycles. The summed E-state index contributed by atoms with van der Waals surface area (Å²) in [6.45, 7) is 0.729. The number of aliphatic hydroxyl groups is 1. The molecule has 132 valence electrons. The predicted molar refractivity (Wildman–Crippen MR) is 91.2 cm³/mol. The van der Waals surface area contributed by atoms with Crippen molar-refractivity contribution in [1.82, 2.24) is 4.57 Å². The van der Waals surface area contributed by atoms with Gasteiger partial charge < -0.3 is 19.7 Å². The van der Waals surface area contributed by atoms with Gasteiger partial charge in [-0.25, -0.2) is 9.18 Å². The number of aliphatic hydroxyl groups excluding tert-OH is 1. The van der Waals surface area contributed by atoms with Gasteiger partial charge in [-0.1, -0.05) is 11.6 Å². The fraction of sp³-hybridized carbons (Fsp3) is 0.412. The Morgan fingerprint density at radius 2 is 2.04 bits per heavy atom. The number of pyridine rings is 1. The maximum absolute atomic E-state index is 14.7. The van der Waals surface area contributed by atoms with Crippen LogP contribution >= 0.6 is 11.6 Å². The van der Waals surface area contributed by atoms with Gasteiger partial charge in [-0.05, 0) is 25.3 Å². The summed E-state index contributed by atoms with van der Waals surface area (Å²) < 4.78 is 16.4. The van der Waals surface area contributed by atoms with Crippen LogP contribution in [0.2, 0.25) is 5.02 Å². The van der Waals surface area contributed by atoms with Crippen LogP contribution in [0.3, 0.4) is 0 Å². The Morgan fingerprint density at radius 1 is 1.32 bits per heavy atom. The molecule has 0 radical (unpaired) electrons. The van der Waals surface area contributed by atoms with Gasteiger partial charge in [0.1, 0.15) is 11.4 Å². The molecule has 2 aromatic rings. The molecule has 2 fully saturated rings. The van der Waals surface area contributed by atoms with Gasteiger partial charge in [-0.3, -0.25) is 4.79 Å². The van der Waals surface area contributed by atoms with Crippen LogP contribution in [0, 0.1) is 5.82 Å². The number of fused-ring (bicyclic) bond motifs is 1. The zero-order valence-electron chi connectivity index (χ0n) is 13.2. The number of benzene rings is 1. The first-order chi connectivity index (χ1) is 11.9. The number of carboxylic acid groups (broad SMARTS) is 1. The number of hydrogen-bond acceptors (Lipinski definition) is 4. The van der Waals surface area contributed by atoms with Crippen LogP contribution in [0.5, 0.6) is 0 Å². The van der Waals surface area contributed by atoms with E-state index in [-0.39, 0.29) is 34.2 Å². The number of halogens is 2. The lowest BCUT2D eigenvalue weighted by atomic mass is 10.1. The Balaban J connectivity index is 2.03. The highest BCUT2D eigenvalue weighted by Crippen LogP contribution is 2.42. The molecule has 0 spiro atoms. The van der Waals surface area contributed by atoms with E-state index in [1.54, 1.807) is 9.47 Å². The van der Waals surface area contributed by atoms with Gasteiger partial charge in [0.05, 0.1) is 27.7 Å². The molecule has 2 aliphatic rings. The molecule has 4 rings (SSSR count). The number of anilines is 1. The zero-order chi connectivity index (χ0) is 17.9. The Bertz CT molecular complexity index is 954. The highest BCUT2D eigenvalue weighted by molar-refractivity contribution is 6.38. The van der Waals surface area contributed by atoms with Crippen molar-refractivity contribution in [3.05, 3.63) is 38.9 Å². The van der Waals surface area contributed by atoms with Crippen molar-refractivity contribution >= 4 is 34.2 Å². The van der Waals surface area contributed by atoms with Crippen molar-refractivity contribution in [2.45, 2.75) is 31.4 Å². The number of aromatic carboxylic acids is 1. The molecule has 0 unspecified atom stereocenters. The normalized spacial score (nSPS) is 20.4. The number of rotatable bonds is 3. The lowest BCUT2D eigenvalue weighted by Gasteiger charge is -2.22. The fourth-order valence-corrected chi connectivity index (χ4v) is 3.87. The quantitative estimate of drug-likeness (QED) is 0.871. The average Bonchev–Trinajstić information content (AvgIpc) is 3.30. The SMILES string of the molecule is O=C(O)c1cn(C2CC2)c2c(Cl)c(N3CC[C@H](O)C3)c(F)cc2c1=O. The highest BCUT2D eigenvalue weighted by atomic mass is 35.5. The van der Waals surface area contributed by atoms with E-state index >= 15 is 0 Å². The summed E-state index contributed by atoms with van der Waals surface area (Å²) in [5.74, 6) is -2.03. The molecule has 0 bridgehead atoms. The number of hydrogen-bond donors (Lipinski definition) is 2. The Hall–Kier alpha value is -2.12. The number of nitrogens with zero attached hydrogens (tertiary/aromatic N) is 2. The van der Waals surface area contributed by atoms with E-state index in [2.05, 4.69) is 0 Å². The molecule has 0 amide bonds. The smallest absolute Gasteiger partial charge is 0.341 e. The minimum absolute atomic E-state index is 0.0298. The summed E-state index contributed by atoms with van der Waals surface area (Å²) in [6.07, 6.45) is 2.97. The van der Waals surface area contributed by atoms with Crippen LogP contribution in [-0.2, 0) is 0 Å². The molecular formula is C17H16ClFN2O4. The topological polar surface area (TPSA) is 82.8 Å². The van der Waals surface area contributed by atoms with Gasteiger partial charge in [0.15, 0.2) is 0 Å². The molecule has 1 aromatic carbocycles. The van der Waals surface area contributed by atoms with E-state index in [0.29, 0.717) is 18.5 Å². The van der Waals surface area contributed by atoms with Crippen molar-refractivity contribution in [3.8, 4) is 0 Å². The van der Waals surface area contributed by atoms with Crippen LogP contribution < -0.4 is 10.3 Å². The molecule has 1 saturated carbocycles. The van der Waals surface area contributed by atoms with Crippen molar-refractivity contribution in [2.24, 2.45) is 0 Å². The summed E-state index contributed by atoms with van der Waals surface area (Å²) in [7, 11) is 0. The molecule has 1 aliphatic heterocycles. The van der Waals surface area contributed by atoms with E-state index in [4.69, 9.17) is 11.6 Å². The minimum Gasteiger partial charge on any atom is -0.477 e. The van der Waals surface area contributed by atoms with Crippen LogP contribution in [0.25, 0.3) is 10.9 Å². The Labute approximate surface area is 147 Å². The molecule has 2 heterocycles. The van der Waals surface area contributed by atoms with Crippen LogP contribution in [0.1, 0.15) is 35.7 Å². The third kappa shape index (κ3) is 2.58. The summed E-state index contributed by atoms with van der Waals surface area (Å²) in [5, 5.41) is 19.1. The number of aromatic nitrogens is 1. The monoisotopic (exact) mass is 366 g/mol. The summed E-state index contributed by atoms with van der Waals surface area (Å²) in [4.78, 5) is 25.5. The van der Waals surface area contributed by atoms with E-state index in [1.165, 1.54) is 6.20 Å². The Kier molecular flexibility index (Phi) is 3.73. The molecule has 25 heavy (non-hydrogen) atoms. The second kappa shape index (κ2) is 5.71. The van der Waals surface area contributed by atoms with E-state index < -0.39 is 23.3 Å². The van der Waals surface area contributed by atoms with Crippen molar-refractivity contribution in [3.63, 3.8) is 0 Å². The molecule has 1 aliphatic carbocycles. The fourth-order valence-electron chi connectivity index (χ4n) is 3.46. The van der Waals surface area contributed by atoms with Gasteiger partial charge in [-0.2, -0.15) is 0 Å². The van der Waals surface area contributed by atoms with Crippen LogP contribution in [-0.4, -0.2) is 39.9 Å². The Morgan fingerprint density at radius 3 is 2.60 bits per heavy atom. The van der Waals surface area contributed by atoms with Gasteiger partial charge in [0, 0.05) is 25.3 Å². The molecule has 8 heteroatoms. The number of β-amino-alcohol motifs (C(OH)–C–C–N with tert-alkyl or cyclic N) is 1. The lowest BCUT2D eigenvalue weighted by Crippen LogP contribution is -2.24. The third-order valence-corrected chi connectivity index (χ3v) is 5.19. The van der Waals surface area contributed by atoms with Crippen LogP contribution in [0.4, 0.5) is 10.1 Å². The van der Waals surface area contributed by atoms with E-state index in [9.17, 15) is 24.2 Å². The highest BCUT2D eigenvalue weighted by Gasteiger charge is 2.31. The first-order valence-electron chi connectivity index (χ1n) is 8.11. The molecular weight excluding hydrogens is 351 g/mol. The molecule has 1 atom stereocenters.